The number of aliphatic imine (C=N–C) groups is 2. The number of nitrogens with one attached hydrogen (secondary N) is 1. The van der Waals surface area contributed by atoms with Crippen LogP contribution in [0.4, 0.5) is 30.2 Å². The molecule has 0 radical (unpaired) electrons. The highest BCUT2D eigenvalue weighted by molar-refractivity contribution is 6.00. The minimum atomic E-state index is -0.658. The number of benzene rings is 2. The molecular formula is C30H38F3N7O2. The summed E-state index contributed by atoms with van der Waals surface area (Å²) in [4.78, 5) is 28.0. The largest absolute Gasteiger partial charge is 0.486 e. The van der Waals surface area contributed by atoms with Crippen molar-refractivity contribution < 1.29 is 22.7 Å². The predicted octanol–water partition coefficient (Wildman–Crippen LogP) is 4.61. The number of hydrogen-bond donors (Lipinski definition) is 1. The summed E-state index contributed by atoms with van der Waals surface area (Å²) in [7, 11) is 3.69. The molecule has 0 spiro atoms. The first-order valence-electron chi connectivity index (χ1n) is 13.9. The summed E-state index contributed by atoms with van der Waals surface area (Å²) >= 11 is 0. The van der Waals surface area contributed by atoms with Gasteiger partial charge in [0.1, 0.15) is 23.9 Å². The van der Waals surface area contributed by atoms with E-state index >= 15 is 8.78 Å². The third kappa shape index (κ3) is 7.04. The van der Waals surface area contributed by atoms with E-state index in [1.807, 2.05) is 42.6 Å². The number of nitrogens with zero attached hydrogens (tertiary/aromatic N) is 6. The van der Waals surface area contributed by atoms with Crippen LogP contribution in [0, 0.1) is 11.6 Å². The Bertz CT molecular complexity index is 1380. The number of piperazine rings is 1. The lowest BCUT2D eigenvalue weighted by Gasteiger charge is -2.36. The average Bonchev–Trinajstić information content (AvgIpc) is 2.94. The molecule has 226 valence electrons. The van der Waals surface area contributed by atoms with Gasteiger partial charge in [0.25, 0.3) is 0 Å². The number of carbonyl (C=O) groups is 1. The van der Waals surface area contributed by atoms with Crippen molar-refractivity contribution >= 4 is 41.3 Å². The molecule has 12 heteroatoms. The van der Waals surface area contributed by atoms with Crippen LogP contribution < -0.4 is 19.9 Å². The molecule has 2 aliphatic rings. The molecule has 1 fully saturated rings. The second kappa shape index (κ2) is 13.3. The molecule has 2 aromatic carbocycles. The van der Waals surface area contributed by atoms with Gasteiger partial charge in [0, 0.05) is 43.5 Å². The van der Waals surface area contributed by atoms with Crippen LogP contribution in [-0.2, 0) is 4.79 Å². The molecule has 0 saturated carbocycles. The summed E-state index contributed by atoms with van der Waals surface area (Å²) in [6.07, 6.45) is 0. The van der Waals surface area contributed by atoms with Gasteiger partial charge in [-0.3, -0.25) is 4.79 Å². The molecule has 9 nitrogen and oxygen atoms in total. The van der Waals surface area contributed by atoms with Gasteiger partial charge in [0.05, 0.1) is 24.5 Å². The van der Waals surface area contributed by atoms with Gasteiger partial charge in [0.15, 0.2) is 11.6 Å². The number of carbonyl (C=O) groups excluding carboxylic acids is 1. The molecule has 0 atom stereocenters. The number of rotatable bonds is 7. The first-order valence-corrected chi connectivity index (χ1v) is 13.9. The monoisotopic (exact) mass is 585 g/mol. The molecule has 0 aliphatic carbocycles. The van der Waals surface area contributed by atoms with E-state index in [0.717, 1.165) is 0 Å². The van der Waals surface area contributed by atoms with Crippen molar-refractivity contribution in [1.29, 1.82) is 0 Å². The number of anilines is 3. The summed E-state index contributed by atoms with van der Waals surface area (Å²) in [5.74, 6) is -1.67. The Hall–Kier alpha value is -4.06. The van der Waals surface area contributed by atoms with Crippen LogP contribution in [0.5, 0.6) is 5.75 Å². The summed E-state index contributed by atoms with van der Waals surface area (Å²) in [5, 5.41) is 2.87. The maximum absolute atomic E-state index is 15.2. The SMILES string of the molecule is C=N/C(=N\C(=C(/C)F)c1cc(F)c2c(c1)N(C(C)C)CCO2)Nc1ccc(N2CCN(C(=O)CN(C)C)CC2)c(F)c1. The summed E-state index contributed by atoms with van der Waals surface area (Å²) in [6, 6.07) is 7.47. The topological polar surface area (TPSA) is 76.0 Å². The van der Waals surface area contributed by atoms with Crippen molar-refractivity contribution in [3.8, 4) is 5.75 Å². The standard InChI is InChI=1S/C30H38F3N7O2/c1-19(2)40-13-14-42-29-24(33)15-21(16-26(29)40)28(20(3)31)36-30(34-4)35-22-7-8-25(23(32)17-22)38-9-11-39(12-10-38)27(41)18-37(5)6/h7-8,15-17,19H,4,9-14,18H2,1-3,5-6H3,(H,35,36)/b28-20+. The van der Waals surface area contributed by atoms with E-state index in [9.17, 15) is 9.18 Å². The highest BCUT2D eigenvalue weighted by Crippen LogP contribution is 2.39. The molecule has 4 rings (SSSR count). The van der Waals surface area contributed by atoms with Crippen LogP contribution in [0.25, 0.3) is 5.70 Å². The van der Waals surface area contributed by atoms with Gasteiger partial charge < -0.3 is 29.7 Å². The van der Waals surface area contributed by atoms with E-state index in [2.05, 4.69) is 22.0 Å². The Morgan fingerprint density at radius 2 is 1.79 bits per heavy atom. The van der Waals surface area contributed by atoms with Crippen molar-refractivity contribution in [3.63, 3.8) is 0 Å². The van der Waals surface area contributed by atoms with Crippen molar-refractivity contribution in [2.24, 2.45) is 9.98 Å². The zero-order valence-electron chi connectivity index (χ0n) is 24.8. The number of amides is 1. The maximum atomic E-state index is 15.2. The van der Waals surface area contributed by atoms with E-state index in [0.29, 0.717) is 62.9 Å². The molecule has 1 amide bonds. The number of guanidine groups is 1. The molecule has 2 heterocycles. The fraction of sp³-hybridized carbons (Fsp3) is 0.433. The number of fused-ring (bicyclic) bond motifs is 1. The Balaban J connectivity index is 1.52. The molecule has 1 saturated heterocycles. The molecule has 0 unspecified atom stereocenters. The van der Waals surface area contributed by atoms with E-state index < -0.39 is 17.5 Å². The first-order chi connectivity index (χ1) is 20.0. The molecular weight excluding hydrogens is 547 g/mol. The molecule has 1 N–H and O–H groups in total. The maximum Gasteiger partial charge on any atom is 0.236 e. The van der Waals surface area contributed by atoms with Gasteiger partial charge in [0.2, 0.25) is 11.9 Å². The van der Waals surface area contributed by atoms with Crippen LogP contribution in [-0.4, -0.2) is 94.4 Å². The first kappa shape index (κ1) is 30.9. The van der Waals surface area contributed by atoms with Crippen molar-refractivity contribution in [1.82, 2.24) is 9.80 Å². The minimum absolute atomic E-state index is 0.0454. The van der Waals surface area contributed by atoms with E-state index in [1.165, 1.54) is 19.1 Å². The third-order valence-electron chi connectivity index (χ3n) is 7.13. The normalized spacial score (nSPS) is 16.3. The quantitative estimate of drug-likeness (QED) is 0.378. The smallest absolute Gasteiger partial charge is 0.236 e. The Morgan fingerprint density at radius 1 is 1.07 bits per heavy atom. The van der Waals surface area contributed by atoms with Gasteiger partial charge in [-0.25, -0.2) is 23.2 Å². The second-order valence-corrected chi connectivity index (χ2v) is 10.8. The number of hydrogen-bond acceptors (Lipinski definition) is 6. The lowest BCUT2D eigenvalue weighted by atomic mass is 10.1. The van der Waals surface area contributed by atoms with Crippen LogP contribution in [0.15, 0.2) is 46.1 Å². The Morgan fingerprint density at radius 3 is 2.38 bits per heavy atom. The molecule has 2 aliphatic heterocycles. The molecule has 0 aromatic heterocycles. The zero-order valence-corrected chi connectivity index (χ0v) is 24.8. The number of likely N-dealkylation sites (N-methyl/N-ethyl adjacent to an activating group) is 1. The lowest BCUT2D eigenvalue weighted by molar-refractivity contribution is -0.132. The predicted molar refractivity (Wildman–Crippen MR) is 162 cm³/mol. The zero-order chi connectivity index (χ0) is 30.6. The van der Waals surface area contributed by atoms with E-state index in [-0.39, 0.29) is 34.9 Å². The van der Waals surface area contributed by atoms with Crippen LogP contribution in [0.3, 0.4) is 0 Å². The fourth-order valence-electron chi connectivity index (χ4n) is 5.06. The summed E-state index contributed by atoms with van der Waals surface area (Å²) in [5.41, 5.74) is 1.32. The third-order valence-corrected chi connectivity index (χ3v) is 7.13. The lowest BCUT2D eigenvalue weighted by Crippen LogP contribution is -2.50. The summed E-state index contributed by atoms with van der Waals surface area (Å²) in [6.45, 7) is 12.0. The van der Waals surface area contributed by atoms with Crippen LogP contribution in [0.2, 0.25) is 0 Å². The van der Waals surface area contributed by atoms with Gasteiger partial charge in [-0.2, -0.15) is 0 Å². The second-order valence-electron chi connectivity index (χ2n) is 10.8. The van der Waals surface area contributed by atoms with E-state index in [1.54, 1.807) is 23.1 Å². The van der Waals surface area contributed by atoms with Crippen LogP contribution in [0.1, 0.15) is 26.3 Å². The van der Waals surface area contributed by atoms with Gasteiger partial charge >= 0.3 is 0 Å². The van der Waals surface area contributed by atoms with Gasteiger partial charge in [-0.05, 0) is 71.9 Å². The van der Waals surface area contributed by atoms with Crippen molar-refractivity contribution in [2.45, 2.75) is 26.8 Å². The highest BCUT2D eigenvalue weighted by Gasteiger charge is 2.26. The van der Waals surface area contributed by atoms with Crippen LogP contribution >= 0.6 is 0 Å². The number of halogens is 3. The number of ether oxygens (including phenoxy) is 1. The minimum Gasteiger partial charge on any atom is -0.486 e. The fourth-order valence-corrected chi connectivity index (χ4v) is 5.06. The Labute approximate surface area is 245 Å². The van der Waals surface area contributed by atoms with Gasteiger partial charge in [-0.15, -0.1) is 0 Å². The van der Waals surface area contributed by atoms with E-state index in [4.69, 9.17) is 4.74 Å². The molecule has 0 bridgehead atoms. The highest BCUT2D eigenvalue weighted by atomic mass is 19.1. The summed E-state index contributed by atoms with van der Waals surface area (Å²) < 4.78 is 50.6. The Kier molecular flexibility index (Phi) is 9.77. The number of allylic oxidation sites excluding steroid dienone is 1. The molecule has 2 aromatic rings. The van der Waals surface area contributed by atoms with Crippen molar-refractivity contribution in [2.75, 3.05) is 75.1 Å². The average molecular weight is 586 g/mol. The molecule has 42 heavy (non-hydrogen) atoms. The van der Waals surface area contributed by atoms with Crippen molar-refractivity contribution in [3.05, 3.63) is 53.4 Å². The van der Waals surface area contributed by atoms with Gasteiger partial charge in [-0.1, -0.05) is 0 Å².